The summed E-state index contributed by atoms with van der Waals surface area (Å²) in [6, 6.07) is 0. The molecule has 0 spiro atoms. The first-order valence-electron chi connectivity index (χ1n) is 13.9. The zero-order valence-corrected chi connectivity index (χ0v) is 21.3. The van der Waals surface area contributed by atoms with Crippen LogP contribution in [-0.4, -0.2) is 56.6 Å². The van der Waals surface area contributed by atoms with Crippen LogP contribution in [0.4, 0.5) is 0 Å². The second-order valence-electron chi connectivity index (χ2n) is 11.0. The van der Waals surface area contributed by atoms with Crippen LogP contribution < -0.4 is 0 Å². The molecule has 0 aromatic heterocycles. The van der Waals surface area contributed by atoms with Gasteiger partial charge in [0.2, 0.25) is 0 Å². The Balaban J connectivity index is 1.57. The summed E-state index contributed by atoms with van der Waals surface area (Å²) in [5.41, 5.74) is 3.12. The molecule has 0 aromatic rings. The fraction of sp³-hybridized carbons (Fsp3) is 0.962. The van der Waals surface area contributed by atoms with Gasteiger partial charge in [0.15, 0.2) is 0 Å². The molecular formula is C26H48N2O2Si. The summed E-state index contributed by atoms with van der Waals surface area (Å²) >= 11 is 0. The molecule has 3 aliphatic carbocycles. The molecule has 4 nitrogen and oxygen atoms in total. The molecule has 4 rings (SSSR count). The molecule has 3 saturated carbocycles. The van der Waals surface area contributed by atoms with E-state index in [1.54, 1.807) is 0 Å². The maximum atomic E-state index is 12.0. The lowest BCUT2D eigenvalue weighted by Crippen LogP contribution is -2.63. The largest absolute Gasteiger partial charge is 0.466 e. The molecule has 0 atom stereocenters. The van der Waals surface area contributed by atoms with Gasteiger partial charge in [0, 0.05) is 26.3 Å². The summed E-state index contributed by atoms with van der Waals surface area (Å²) in [5, 5.41) is 0. The molecule has 178 valence electrons. The highest BCUT2D eigenvalue weighted by atomic mass is 28.3. The molecule has 0 radical (unpaired) electrons. The third-order valence-electron chi connectivity index (χ3n) is 9.32. The minimum absolute atomic E-state index is 0.0173. The fourth-order valence-electron chi connectivity index (χ4n) is 8.10. The van der Waals surface area contributed by atoms with Gasteiger partial charge in [-0.2, -0.15) is 0 Å². The van der Waals surface area contributed by atoms with E-state index in [0.29, 0.717) is 13.0 Å². The van der Waals surface area contributed by atoms with Gasteiger partial charge in [-0.05, 0) is 23.5 Å². The van der Waals surface area contributed by atoms with Gasteiger partial charge >= 0.3 is 5.97 Å². The molecule has 1 heterocycles. The first-order chi connectivity index (χ1) is 15.2. The van der Waals surface area contributed by atoms with Crippen LogP contribution in [0, 0.1) is 0 Å². The molecular weight excluding hydrogens is 400 g/mol. The molecule has 5 heteroatoms. The molecule has 1 saturated heterocycles. The molecule has 1 aliphatic heterocycles. The van der Waals surface area contributed by atoms with E-state index < -0.39 is 8.24 Å². The van der Waals surface area contributed by atoms with E-state index >= 15 is 0 Å². The van der Waals surface area contributed by atoms with Crippen molar-refractivity contribution in [1.29, 1.82) is 0 Å². The molecule has 0 amide bonds. The van der Waals surface area contributed by atoms with Crippen molar-refractivity contribution in [3.05, 3.63) is 0 Å². The number of rotatable bonds is 8. The van der Waals surface area contributed by atoms with E-state index in [4.69, 9.17) is 4.74 Å². The van der Waals surface area contributed by atoms with Crippen molar-refractivity contribution in [2.24, 2.45) is 0 Å². The van der Waals surface area contributed by atoms with E-state index in [9.17, 15) is 4.79 Å². The zero-order chi connectivity index (χ0) is 21.5. The fourth-order valence-corrected chi connectivity index (χ4v) is 16.6. The number of carbonyl (C=O) groups is 1. The second kappa shape index (κ2) is 11.6. The highest BCUT2D eigenvalue weighted by molar-refractivity contribution is 6.81. The molecule has 31 heavy (non-hydrogen) atoms. The Bertz CT molecular complexity index is 508. The number of hydrogen-bond donors (Lipinski definition) is 0. The Morgan fingerprint density at radius 2 is 1.26 bits per heavy atom. The van der Waals surface area contributed by atoms with E-state index in [-0.39, 0.29) is 5.97 Å². The standard InChI is InChI=1S/C26H48N2O2Si/c1-2-30-26(29)18-19-27-20-21-28(22-27)31(23-12-6-3-7-13-23,24-14-8-4-9-15-24)25-16-10-5-11-17-25/h23-25H,2-22H2,1H3. The summed E-state index contributed by atoms with van der Waals surface area (Å²) in [6.45, 7) is 6.90. The molecule has 4 aliphatic rings. The van der Waals surface area contributed by atoms with Crippen molar-refractivity contribution in [3.63, 3.8) is 0 Å². The summed E-state index contributed by atoms with van der Waals surface area (Å²) < 4.78 is 8.35. The summed E-state index contributed by atoms with van der Waals surface area (Å²) in [4.78, 5) is 14.6. The molecule has 0 unspecified atom stereocenters. The van der Waals surface area contributed by atoms with Gasteiger partial charge in [-0.15, -0.1) is 0 Å². The van der Waals surface area contributed by atoms with Gasteiger partial charge in [0.1, 0.15) is 8.24 Å². The normalized spacial score (nSPS) is 26.4. The van der Waals surface area contributed by atoms with Crippen LogP contribution in [0.3, 0.4) is 0 Å². The Kier molecular flexibility index (Phi) is 8.93. The lowest BCUT2D eigenvalue weighted by molar-refractivity contribution is -0.143. The van der Waals surface area contributed by atoms with Crippen LogP contribution in [0.25, 0.3) is 0 Å². The number of carbonyl (C=O) groups excluding carboxylic acids is 1. The molecule has 0 N–H and O–H groups in total. The van der Waals surface area contributed by atoms with Gasteiger partial charge in [0.25, 0.3) is 0 Å². The lowest BCUT2D eigenvalue weighted by atomic mass is 9.98. The van der Waals surface area contributed by atoms with Crippen molar-refractivity contribution in [3.8, 4) is 0 Å². The monoisotopic (exact) mass is 448 g/mol. The smallest absolute Gasteiger partial charge is 0.307 e. The van der Waals surface area contributed by atoms with Crippen molar-refractivity contribution < 1.29 is 9.53 Å². The third-order valence-corrected chi connectivity index (χ3v) is 16.4. The number of hydrogen-bond acceptors (Lipinski definition) is 4. The first kappa shape index (κ1) is 23.8. The number of esters is 1. The van der Waals surface area contributed by atoms with Crippen molar-refractivity contribution in [2.45, 2.75) is 126 Å². The Morgan fingerprint density at radius 3 is 1.71 bits per heavy atom. The van der Waals surface area contributed by atoms with E-state index in [2.05, 4.69) is 9.47 Å². The van der Waals surface area contributed by atoms with Gasteiger partial charge < -0.3 is 9.30 Å². The maximum absolute atomic E-state index is 12.0. The summed E-state index contributed by atoms with van der Waals surface area (Å²) in [6.07, 6.45) is 23.1. The van der Waals surface area contributed by atoms with Gasteiger partial charge in [-0.1, -0.05) is 96.3 Å². The zero-order valence-electron chi connectivity index (χ0n) is 20.3. The van der Waals surface area contributed by atoms with Crippen LogP contribution in [-0.2, 0) is 9.53 Å². The van der Waals surface area contributed by atoms with Crippen LogP contribution in [0.2, 0.25) is 16.6 Å². The second-order valence-corrected chi connectivity index (χ2v) is 15.8. The van der Waals surface area contributed by atoms with Crippen molar-refractivity contribution >= 4 is 14.2 Å². The van der Waals surface area contributed by atoms with E-state index in [1.165, 1.54) is 109 Å². The maximum Gasteiger partial charge on any atom is 0.307 e. The van der Waals surface area contributed by atoms with Crippen molar-refractivity contribution in [1.82, 2.24) is 9.47 Å². The Hall–Kier alpha value is -0.393. The van der Waals surface area contributed by atoms with Crippen LogP contribution in [0.1, 0.15) is 110 Å². The SMILES string of the molecule is CCOC(=O)CCN1CCN([Si](C2CCCCC2)(C2CCCCC2)C2CCCCC2)C1. The highest BCUT2D eigenvalue weighted by Gasteiger charge is 2.57. The minimum atomic E-state index is -1.60. The van der Waals surface area contributed by atoms with Gasteiger partial charge in [0.05, 0.1) is 13.0 Å². The summed E-state index contributed by atoms with van der Waals surface area (Å²) in [5.74, 6) is -0.0173. The average molecular weight is 449 g/mol. The molecule has 0 bridgehead atoms. The Morgan fingerprint density at radius 1 is 0.774 bits per heavy atom. The topological polar surface area (TPSA) is 32.8 Å². The molecule has 4 fully saturated rings. The van der Waals surface area contributed by atoms with Crippen molar-refractivity contribution in [2.75, 3.05) is 32.9 Å². The quantitative estimate of drug-likeness (QED) is 0.315. The first-order valence-corrected chi connectivity index (χ1v) is 16.1. The van der Waals surface area contributed by atoms with Crippen LogP contribution in [0.5, 0.6) is 0 Å². The Labute approximate surface area is 192 Å². The highest BCUT2D eigenvalue weighted by Crippen LogP contribution is 2.58. The van der Waals surface area contributed by atoms with E-state index in [1.807, 2.05) is 6.92 Å². The predicted molar refractivity (Wildman–Crippen MR) is 131 cm³/mol. The summed E-state index contributed by atoms with van der Waals surface area (Å²) in [7, 11) is -1.60. The third kappa shape index (κ3) is 5.41. The average Bonchev–Trinajstić information content (AvgIpc) is 3.30. The van der Waals surface area contributed by atoms with Gasteiger partial charge in [-0.25, -0.2) is 0 Å². The minimum Gasteiger partial charge on any atom is -0.466 e. The lowest BCUT2D eigenvalue weighted by Gasteiger charge is -2.57. The van der Waals surface area contributed by atoms with Crippen LogP contribution in [0.15, 0.2) is 0 Å². The van der Waals surface area contributed by atoms with Gasteiger partial charge in [-0.3, -0.25) is 9.69 Å². The number of nitrogens with zero attached hydrogens (tertiary/aromatic N) is 2. The van der Waals surface area contributed by atoms with Crippen LogP contribution >= 0.6 is 0 Å². The number of ether oxygens (including phenoxy) is 1. The van der Waals surface area contributed by atoms with E-state index in [0.717, 1.165) is 29.8 Å². The molecule has 0 aromatic carbocycles. The predicted octanol–water partition coefficient (Wildman–Crippen LogP) is 6.46.